The number of carbonyl (C=O) groups excluding carboxylic acids is 1. The maximum Gasteiger partial charge on any atom is 0.307 e. The van der Waals surface area contributed by atoms with Crippen molar-refractivity contribution >= 4 is 67.3 Å². The van der Waals surface area contributed by atoms with E-state index in [2.05, 4.69) is 101 Å². The molecule has 168 valence electrons. The van der Waals surface area contributed by atoms with Gasteiger partial charge in [-0.15, -0.1) is 0 Å². The topological polar surface area (TPSA) is 57.8 Å². The molecular weight excluding hydrogens is 581 g/mol. The number of hydrogen-bond donors (Lipinski definition) is 1. The van der Waals surface area contributed by atoms with Gasteiger partial charge in [-0.25, -0.2) is 5.43 Å². The van der Waals surface area contributed by atoms with Crippen LogP contribution in [-0.2, 0) is 0 Å². The molecule has 0 saturated carbocycles. The van der Waals surface area contributed by atoms with Crippen molar-refractivity contribution in [1.82, 2.24) is 5.43 Å². The van der Waals surface area contributed by atoms with Gasteiger partial charge in [-0.1, -0.05) is 22.9 Å². The van der Waals surface area contributed by atoms with E-state index in [1.807, 2.05) is 12.1 Å². The van der Waals surface area contributed by atoms with E-state index >= 15 is 0 Å². The van der Waals surface area contributed by atoms with E-state index in [0.29, 0.717) is 11.5 Å². The normalized spacial score (nSPS) is 17.7. The van der Waals surface area contributed by atoms with Crippen molar-refractivity contribution in [3.05, 3.63) is 60.8 Å². The van der Waals surface area contributed by atoms with E-state index in [0.717, 1.165) is 37.5 Å². The number of benzene rings is 2. The molecule has 0 aliphatic carbocycles. The molecule has 1 aliphatic heterocycles. The van der Waals surface area contributed by atoms with Crippen LogP contribution in [0.1, 0.15) is 67.3 Å². The Hall–Kier alpha value is -1.87. The highest BCUT2D eigenvalue weighted by Gasteiger charge is 2.35. The average molecular weight is 608 g/mol. The van der Waals surface area contributed by atoms with Gasteiger partial charge >= 0.3 is 5.91 Å². The van der Waals surface area contributed by atoms with Gasteiger partial charge in [-0.3, -0.25) is 4.79 Å². The SMILES string of the molecule is CCN1c2cc(C)c(/C=N\NC(=O)c3cc4cc(Br)cc(I)c4o3)cc2C(C)CC1(C)C. The fraction of sp³-hybridized carbons (Fsp3) is 0.360. The number of anilines is 1. The van der Waals surface area contributed by atoms with Gasteiger partial charge in [0.1, 0.15) is 5.58 Å². The molecule has 0 spiro atoms. The zero-order valence-corrected chi connectivity index (χ0v) is 22.7. The molecular formula is C25H27BrIN3O2. The van der Waals surface area contributed by atoms with Crippen LogP contribution in [-0.4, -0.2) is 24.2 Å². The number of carbonyl (C=O) groups is 1. The van der Waals surface area contributed by atoms with Crippen molar-refractivity contribution in [2.24, 2.45) is 5.10 Å². The summed E-state index contributed by atoms with van der Waals surface area (Å²) in [6.45, 7) is 12.2. The molecule has 32 heavy (non-hydrogen) atoms. The maximum atomic E-state index is 12.6. The van der Waals surface area contributed by atoms with E-state index in [-0.39, 0.29) is 17.2 Å². The molecule has 3 aromatic rings. The lowest BCUT2D eigenvalue weighted by Crippen LogP contribution is -2.48. The summed E-state index contributed by atoms with van der Waals surface area (Å²) in [5, 5.41) is 5.10. The Balaban J connectivity index is 1.56. The number of halogens is 2. The molecule has 7 heteroatoms. The fourth-order valence-corrected chi connectivity index (χ4v) is 6.45. The number of amides is 1. The van der Waals surface area contributed by atoms with Crippen molar-refractivity contribution in [2.75, 3.05) is 11.4 Å². The Morgan fingerprint density at radius 2 is 2.09 bits per heavy atom. The molecule has 1 amide bonds. The van der Waals surface area contributed by atoms with Gasteiger partial charge in [0.25, 0.3) is 0 Å². The lowest BCUT2D eigenvalue weighted by molar-refractivity contribution is 0.0929. The van der Waals surface area contributed by atoms with Gasteiger partial charge in [0, 0.05) is 27.6 Å². The third kappa shape index (κ3) is 4.33. The van der Waals surface area contributed by atoms with Crippen LogP contribution in [0.15, 0.2) is 44.3 Å². The third-order valence-electron chi connectivity index (χ3n) is 6.22. The number of aryl methyl sites for hydroxylation is 1. The summed E-state index contributed by atoms with van der Waals surface area (Å²) in [6, 6.07) is 10.1. The minimum atomic E-state index is -0.368. The third-order valence-corrected chi connectivity index (χ3v) is 7.48. The Morgan fingerprint density at radius 1 is 1.34 bits per heavy atom. The largest absolute Gasteiger partial charge is 0.450 e. The lowest BCUT2D eigenvalue weighted by Gasteiger charge is -2.47. The lowest BCUT2D eigenvalue weighted by atomic mass is 9.79. The number of rotatable bonds is 4. The predicted molar refractivity (Wildman–Crippen MR) is 143 cm³/mol. The van der Waals surface area contributed by atoms with Gasteiger partial charge in [-0.05, 0) is 110 Å². The van der Waals surface area contributed by atoms with E-state index in [4.69, 9.17) is 4.42 Å². The van der Waals surface area contributed by atoms with Crippen LogP contribution in [0.5, 0.6) is 0 Å². The van der Waals surface area contributed by atoms with Crippen LogP contribution in [0.3, 0.4) is 0 Å². The standard InChI is InChI=1S/C25H27BrIN3O2/c1-6-30-21-7-14(2)17(9-19(21)15(3)12-25(30,4)5)13-28-29-24(31)22-10-16-8-18(26)11-20(27)23(16)32-22/h7-11,13,15H,6,12H2,1-5H3,(H,29,31)/b28-13-. The van der Waals surface area contributed by atoms with Gasteiger partial charge in [0.05, 0.1) is 9.78 Å². The molecule has 0 bridgehead atoms. The molecule has 1 atom stereocenters. The highest BCUT2D eigenvalue weighted by molar-refractivity contribution is 14.1. The first-order chi connectivity index (χ1) is 15.1. The summed E-state index contributed by atoms with van der Waals surface area (Å²) < 4.78 is 7.64. The zero-order chi connectivity index (χ0) is 23.2. The second kappa shape index (κ2) is 8.82. The second-order valence-corrected chi connectivity index (χ2v) is 11.1. The number of nitrogens with zero attached hydrogens (tertiary/aromatic N) is 2. The molecule has 2 aromatic carbocycles. The molecule has 2 heterocycles. The summed E-state index contributed by atoms with van der Waals surface area (Å²) in [7, 11) is 0. The van der Waals surface area contributed by atoms with Crippen LogP contribution < -0.4 is 10.3 Å². The van der Waals surface area contributed by atoms with E-state index in [1.54, 1.807) is 12.3 Å². The van der Waals surface area contributed by atoms with Crippen molar-refractivity contribution in [1.29, 1.82) is 0 Å². The maximum absolute atomic E-state index is 12.6. The minimum absolute atomic E-state index is 0.136. The number of fused-ring (bicyclic) bond motifs is 2. The molecule has 1 aliphatic rings. The fourth-order valence-electron chi connectivity index (χ4n) is 4.79. The highest BCUT2D eigenvalue weighted by atomic mass is 127. The predicted octanol–water partition coefficient (Wildman–Crippen LogP) is 6.98. The first kappa shape index (κ1) is 23.3. The van der Waals surface area contributed by atoms with Crippen LogP contribution in [0.25, 0.3) is 11.0 Å². The molecule has 0 fully saturated rings. The summed E-state index contributed by atoms with van der Waals surface area (Å²) in [6.07, 6.45) is 2.82. The summed E-state index contributed by atoms with van der Waals surface area (Å²) >= 11 is 5.67. The Morgan fingerprint density at radius 3 is 2.81 bits per heavy atom. The van der Waals surface area contributed by atoms with Crippen molar-refractivity contribution in [3.8, 4) is 0 Å². The van der Waals surface area contributed by atoms with Gasteiger partial charge in [-0.2, -0.15) is 5.10 Å². The van der Waals surface area contributed by atoms with E-state index in [9.17, 15) is 4.79 Å². The quantitative estimate of drug-likeness (QED) is 0.198. The summed E-state index contributed by atoms with van der Waals surface area (Å²) in [5.41, 5.74) is 8.22. The van der Waals surface area contributed by atoms with Crippen LogP contribution in [0.2, 0.25) is 0 Å². The monoisotopic (exact) mass is 607 g/mol. The van der Waals surface area contributed by atoms with E-state index < -0.39 is 0 Å². The molecule has 0 saturated heterocycles. The van der Waals surface area contributed by atoms with Crippen LogP contribution >= 0.6 is 38.5 Å². The van der Waals surface area contributed by atoms with E-state index in [1.165, 1.54) is 11.3 Å². The first-order valence-electron chi connectivity index (χ1n) is 10.7. The van der Waals surface area contributed by atoms with Gasteiger partial charge in [0.15, 0.2) is 5.76 Å². The smallest absolute Gasteiger partial charge is 0.307 e. The average Bonchev–Trinajstić information content (AvgIpc) is 3.13. The van der Waals surface area contributed by atoms with Crippen molar-refractivity contribution in [2.45, 2.75) is 52.5 Å². The molecule has 1 N–H and O–H groups in total. The van der Waals surface area contributed by atoms with Crippen LogP contribution in [0.4, 0.5) is 5.69 Å². The molecule has 1 unspecified atom stereocenters. The summed E-state index contributed by atoms with van der Waals surface area (Å²) in [4.78, 5) is 15.1. The molecule has 4 rings (SSSR count). The molecule has 0 radical (unpaired) electrons. The summed E-state index contributed by atoms with van der Waals surface area (Å²) in [5.74, 6) is 0.333. The number of hydrogen-bond acceptors (Lipinski definition) is 4. The number of nitrogens with one attached hydrogen (secondary N) is 1. The van der Waals surface area contributed by atoms with Gasteiger partial charge < -0.3 is 9.32 Å². The Bertz CT molecular complexity index is 1230. The minimum Gasteiger partial charge on any atom is -0.450 e. The molecule has 5 nitrogen and oxygen atoms in total. The second-order valence-electron chi connectivity index (χ2n) is 9.05. The highest BCUT2D eigenvalue weighted by Crippen LogP contribution is 2.44. The molecule has 1 aromatic heterocycles. The Kier molecular flexibility index (Phi) is 6.42. The Labute approximate surface area is 210 Å². The van der Waals surface area contributed by atoms with Crippen LogP contribution in [0, 0.1) is 10.5 Å². The van der Waals surface area contributed by atoms with Crippen molar-refractivity contribution in [3.63, 3.8) is 0 Å². The zero-order valence-electron chi connectivity index (χ0n) is 18.9. The first-order valence-corrected chi connectivity index (χ1v) is 12.6. The van der Waals surface area contributed by atoms with Crippen molar-refractivity contribution < 1.29 is 9.21 Å². The van der Waals surface area contributed by atoms with Gasteiger partial charge in [0.2, 0.25) is 0 Å². The number of furan rings is 1. The number of hydrazone groups is 1.